The van der Waals surface area contributed by atoms with Gasteiger partial charge in [-0.15, -0.1) is 0 Å². The van der Waals surface area contributed by atoms with Crippen molar-refractivity contribution in [2.75, 3.05) is 0 Å². The van der Waals surface area contributed by atoms with Gasteiger partial charge in [-0.2, -0.15) is 0 Å². The Morgan fingerprint density at radius 1 is 1.04 bits per heavy atom. The third-order valence-electron chi connectivity index (χ3n) is 4.40. The summed E-state index contributed by atoms with van der Waals surface area (Å²) in [7, 11) is 0. The number of hydrogen-bond donors (Lipinski definition) is 4. The van der Waals surface area contributed by atoms with Gasteiger partial charge in [0.2, 0.25) is 0 Å². The van der Waals surface area contributed by atoms with E-state index in [0.29, 0.717) is 18.4 Å². The van der Waals surface area contributed by atoms with E-state index in [1.807, 2.05) is 0 Å². The summed E-state index contributed by atoms with van der Waals surface area (Å²) in [6, 6.07) is 6.00. The second kappa shape index (κ2) is 7.81. The van der Waals surface area contributed by atoms with Crippen molar-refractivity contribution in [3.8, 4) is 0 Å². The molecule has 7 heteroatoms. The number of nitrogens with two attached hydrogens (primary N) is 1. The van der Waals surface area contributed by atoms with Crippen LogP contribution in [0.1, 0.15) is 54.4 Å². The monoisotopic (exact) mass is 333 g/mol. The molecule has 5 N–H and O–H groups in total. The Morgan fingerprint density at radius 3 is 2.12 bits per heavy atom. The quantitative estimate of drug-likeness (QED) is 0.613. The van der Waals surface area contributed by atoms with Crippen LogP contribution < -0.4 is 16.4 Å². The Morgan fingerprint density at radius 2 is 1.62 bits per heavy atom. The minimum Gasteiger partial charge on any atom is -0.480 e. The Hall–Kier alpha value is -2.57. The molecule has 0 heterocycles. The maximum absolute atomic E-state index is 12.4. The summed E-state index contributed by atoms with van der Waals surface area (Å²) in [4.78, 5) is 34.9. The molecule has 0 aliphatic heterocycles. The number of nitrogens with one attached hydrogen (secondary N) is 2. The topological polar surface area (TPSA) is 122 Å². The Balaban J connectivity index is 2.06. The van der Waals surface area contributed by atoms with Crippen molar-refractivity contribution >= 4 is 17.9 Å². The largest absolute Gasteiger partial charge is 0.480 e. The molecule has 1 fully saturated rings. The summed E-state index contributed by atoms with van der Waals surface area (Å²) in [5.74, 6) is -1.37. The fraction of sp³-hybridized carbons (Fsp3) is 0.471. The number of carbonyl (C=O) groups excluding carboxylic acids is 2. The van der Waals surface area contributed by atoms with Crippen molar-refractivity contribution in [3.63, 3.8) is 0 Å². The molecule has 24 heavy (non-hydrogen) atoms. The number of urea groups is 1. The standard InChI is InChI=1S/C17H23N3O4/c18-16(24)19-11-12-5-7-13(8-6-12)14(21)20-17(15(22)23)9-3-1-2-4-10-17/h5-8H,1-4,9-11H2,(H,20,21)(H,22,23)(H3,18,19,24). The zero-order valence-corrected chi connectivity index (χ0v) is 13.5. The molecule has 0 radical (unpaired) electrons. The molecule has 1 aliphatic rings. The molecule has 2 rings (SSSR count). The zero-order chi connectivity index (χ0) is 17.6. The number of carboxylic acid groups (broad SMARTS) is 1. The smallest absolute Gasteiger partial charge is 0.329 e. The molecule has 0 saturated heterocycles. The van der Waals surface area contributed by atoms with Gasteiger partial charge in [-0.1, -0.05) is 37.8 Å². The molecular weight excluding hydrogens is 310 g/mol. The molecule has 0 spiro atoms. The van der Waals surface area contributed by atoms with Gasteiger partial charge in [0.1, 0.15) is 5.54 Å². The van der Waals surface area contributed by atoms with Crippen LogP contribution in [0.25, 0.3) is 0 Å². The van der Waals surface area contributed by atoms with Crippen LogP contribution >= 0.6 is 0 Å². The van der Waals surface area contributed by atoms with Gasteiger partial charge < -0.3 is 21.5 Å². The van der Waals surface area contributed by atoms with E-state index < -0.39 is 23.4 Å². The van der Waals surface area contributed by atoms with E-state index >= 15 is 0 Å². The highest BCUT2D eigenvalue weighted by atomic mass is 16.4. The summed E-state index contributed by atoms with van der Waals surface area (Å²) in [5, 5.41) is 14.8. The van der Waals surface area contributed by atoms with Crippen LogP contribution in [-0.4, -0.2) is 28.6 Å². The fourth-order valence-electron chi connectivity index (χ4n) is 2.98. The average Bonchev–Trinajstić information content (AvgIpc) is 2.80. The van der Waals surface area contributed by atoms with Gasteiger partial charge in [-0.3, -0.25) is 4.79 Å². The Bertz CT molecular complexity index is 605. The molecule has 1 aromatic rings. The Labute approximate surface area is 140 Å². The highest BCUT2D eigenvalue weighted by Crippen LogP contribution is 2.28. The Kier molecular flexibility index (Phi) is 5.78. The molecule has 3 amide bonds. The van der Waals surface area contributed by atoms with Crippen molar-refractivity contribution in [3.05, 3.63) is 35.4 Å². The minimum absolute atomic E-state index is 0.274. The number of primary amides is 1. The van der Waals surface area contributed by atoms with Gasteiger partial charge in [0.25, 0.3) is 5.91 Å². The first-order valence-corrected chi connectivity index (χ1v) is 8.11. The van der Waals surface area contributed by atoms with E-state index in [-0.39, 0.29) is 6.54 Å². The average molecular weight is 333 g/mol. The highest BCUT2D eigenvalue weighted by Gasteiger charge is 2.40. The summed E-state index contributed by atoms with van der Waals surface area (Å²) in [6.07, 6.45) is 4.48. The van der Waals surface area contributed by atoms with Crippen LogP contribution in [0.5, 0.6) is 0 Å². The van der Waals surface area contributed by atoms with Gasteiger partial charge in [-0.05, 0) is 30.5 Å². The maximum atomic E-state index is 12.4. The van der Waals surface area contributed by atoms with Crippen molar-refractivity contribution in [1.29, 1.82) is 0 Å². The molecule has 130 valence electrons. The molecule has 0 bridgehead atoms. The summed E-state index contributed by atoms with van der Waals surface area (Å²) in [5.41, 5.74) is 5.02. The summed E-state index contributed by atoms with van der Waals surface area (Å²) >= 11 is 0. The molecule has 1 aliphatic carbocycles. The molecular formula is C17H23N3O4. The van der Waals surface area contributed by atoms with Gasteiger partial charge in [0, 0.05) is 12.1 Å². The molecule has 1 aromatic carbocycles. The number of amides is 3. The van der Waals surface area contributed by atoms with Crippen LogP contribution in [0, 0.1) is 0 Å². The number of benzene rings is 1. The first-order valence-electron chi connectivity index (χ1n) is 8.11. The predicted molar refractivity (Wildman–Crippen MR) is 88.4 cm³/mol. The first-order chi connectivity index (χ1) is 11.4. The lowest BCUT2D eigenvalue weighted by molar-refractivity contribution is -0.145. The zero-order valence-electron chi connectivity index (χ0n) is 13.5. The molecule has 7 nitrogen and oxygen atoms in total. The fourth-order valence-corrected chi connectivity index (χ4v) is 2.98. The van der Waals surface area contributed by atoms with E-state index in [1.165, 1.54) is 0 Å². The van der Waals surface area contributed by atoms with Crippen LogP contribution in [0.2, 0.25) is 0 Å². The second-order valence-electron chi connectivity index (χ2n) is 6.17. The number of hydrogen-bond acceptors (Lipinski definition) is 3. The highest BCUT2D eigenvalue weighted by molar-refractivity contribution is 5.97. The van der Waals surface area contributed by atoms with Crippen LogP contribution in [0.4, 0.5) is 4.79 Å². The summed E-state index contributed by atoms with van der Waals surface area (Å²) in [6.45, 7) is 0.274. The number of carbonyl (C=O) groups is 3. The number of aliphatic carboxylic acids is 1. The van der Waals surface area contributed by atoms with Gasteiger partial charge in [-0.25, -0.2) is 9.59 Å². The third kappa shape index (κ3) is 4.47. The van der Waals surface area contributed by atoms with E-state index in [1.54, 1.807) is 24.3 Å². The van der Waals surface area contributed by atoms with Crippen molar-refractivity contribution in [1.82, 2.24) is 10.6 Å². The van der Waals surface area contributed by atoms with E-state index in [4.69, 9.17) is 5.73 Å². The molecule has 1 saturated carbocycles. The third-order valence-corrected chi connectivity index (χ3v) is 4.40. The minimum atomic E-state index is -1.18. The molecule has 0 atom stereocenters. The number of rotatable bonds is 5. The van der Waals surface area contributed by atoms with Crippen LogP contribution in [-0.2, 0) is 11.3 Å². The van der Waals surface area contributed by atoms with E-state index in [9.17, 15) is 19.5 Å². The lowest BCUT2D eigenvalue weighted by Crippen LogP contribution is -2.54. The lowest BCUT2D eigenvalue weighted by atomic mass is 9.89. The normalized spacial score (nSPS) is 16.7. The SMILES string of the molecule is NC(=O)NCc1ccc(C(=O)NC2(C(=O)O)CCCCCC2)cc1. The van der Waals surface area contributed by atoms with Crippen molar-refractivity contribution < 1.29 is 19.5 Å². The van der Waals surface area contributed by atoms with Crippen LogP contribution in [0.3, 0.4) is 0 Å². The van der Waals surface area contributed by atoms with Crippen LogP contribution in [0.15, 0.2) is 24.3 Å². The van der Waals surface area contributed by atoms with E-state index in [2.05, 4.69) is 10.6 Å². The van der Waals surface area contributed by atoms with Crippen molar-refractivity contribution in [2.45, 2.75) is 50.6 Å². The lowest BCUT2D eigenvalue weighted by Gasteiger charge is -2.29. The van der Waals surface area contributed by atoms with Gasteiger partial charge >= 0.3 is 12.0 Å². The maximum Gasteiger partial charge on any atom is 0.329 e. The van der Waals surface area contributed by atoms with E-state index in [0.717, 1.165) is 31.2 Å². The van der Waals surface area contributed by atoms with Gasteiger partial charge in [0.15, 0.2) is 0 Å². The summed E-state index contributed by atoms with van der Waals surface area (Å²) < 4.78 is 0. The molecule has 0 unspecified atom stereocenters. The van der Waals surface area contributed by atoms with Gasteiger partial charge in [0.05, 0.1) is 0 Å². The molecule has 0 aromatic heterocycles. The predicted octanol–water partition coefficient (Wildman–Crippen LogP) is 1.76. The number of carboxylic acids is 1. The van der Waals surface area contributed by atoms with Crippen molar-refractivity contribution in [2.24, 2.45) is 5.73 Å². The second-order valence-corrected chi connectivity index (χ2v) is 6.17. The first kappa shape index (κ1) is 17.8.